The summed E-state index contributed by atoms with van der Waals surface area (Å²) in [6.45, 7) is 5.22. The first-order chi connectivity index (χ1) is 9.56. The maximum atomic E-state index is 10.1. The molecule has 4 heteroatoms. The van der Waals surface area contributed by atoms with E-state index in [1.54, 1.807) is 6.07 Å². The van der Waals surface area contributed by atoms with Crippen molar-refractivity contribution in [1.82, 2.24) is 5.32 Å². The standard InChI is InChI=1S/C16H21NO3/c1-16(2)10-8-11-13(6-7-17-11)19-14(10)9-4-3-5-12(18)15(9)20-16/h3-5,10-11,13-14,17-18H,6-8H2,1-2H3/t10-,11-,13-,14+/m0/s1. The number of phenols is 1. The predicted octanol–water partition coefficient (Wildman–Crippen LogP) is 2.37. The van der Waals surface area contributed by atoms with E-state index in [9.17, 15) is 5.11 Å². The molecule has 1 aromatic rings. The number of benzene rings is 1. The van der Waals surface area contributed by atoms with E-state index in [0.29, 0.717) is 23.8 Å². The Kier molecular flexibility index (Phi) is 2.57. The van der Waals surface area contributed by atoms with Gasteiger partial charge < -0.3 is 19.9 Å². The summed E-state index contributed by atoms with van der Waals surface area (Å²) in [5.74, 6) is 1.12. The molecule has 0 unspecified atom stereocenters. The molecule has 0 aromatic heterocycles. The summed E-state index contributed by atoms with van der Waals surface area (Å²) in [5, 5.41) is 13.6. The maximum absolute atomic E-state index is 10.1. The lowest BCUT2D eigenvalue weighted by atomic mass is 9.74. The largest absolute Gasteiger partial charge is 0.504 e. The molecule has 20 heavy (non-hydrogen) atoms. The minimum absolute atomic E-state index is 0.0296. The van der Waals surface area contributed by atoms with Gasteiger partial charge in [-0.15, -0.1) is 0 Å². The fourth-order valence-electron chi connectivity index (χ4n) is 3.98. The van der Waals surface area contributed by atoms with Crippen LogP contribution in [-0.2, 0) is 4.74 Å². The zero-order valence-corrected chi connectivity index (χ0v) is 11.9. The van der Waals surface area contributed by atoms with Crippen LogP contribution >= 0.6 is 0 Å². The molecule has 0 amide bonds. The number of fused-ring (bicyclic) bond motifs is 4. The van der Waals surface area contributed by atoms with E-state index in [1.807, 2.05) is 12.1 Å². The molecule has 3 aliphatic rings. The molecule has 2 N–H and O–H groups in total. The van der Waals surface area contributed by atoms with Gasteiger partial charge in [-0.2, -0.15) is 0 Å². The van der Waals surface area contributed by atoms with Crippen LogP contribution in [0.15, 0.2) is 18.2 Å². The number of para-hydroxylation sites is 1. The van der Waals surface area contributed by atoms with Gasteiger partial charge in [0.1, 0.15) is 5.60 Å². The maximum Gasteiger partial charge on any atom is 0.167 e. The van der Waals surface area contributed by atoms with Gasteiger partial charge in [0, 0.05) is 17.5 Å². The molecule has 0 radical (unpaired) electrons. The van der Waals surface area contributed by atoms with Crippen molar-refractivity contribution in [3.63, 3.8) is 0 Å². The molecular formula is C16H21NO3. The van der Waals surface area contributed by atoms with Crippen molar-refractivity contribution in [2.45, 2.75) is 50.5 Å². The molecular weight excluding hydrogens is 254 g/mol. The van der Waals surface area contributed by atoms with Crippen molar-refractivity contribution < 1.29 is 14.6 Å². The molecule has 0 aliphatic carbocycles. The van der Waals surface area contributed by atoms with Gasteiger partial charge in [0.2, 0.25) is 0 Å². The summed E-state index contributed by atoms with van der Waals surface area (Å²) in [6, 6.07) is 6.01. The van der Waals surface area contributed by atoms with Crippen LogP contribution in [0.25, 0.3) is 0 Å². The molecule has 0 bridgehead atoms. The SMILES string of the molecule is CC1(C)Oc2c(O)cccc2[C@H]2O[C@H]3CCN[C@H]3C[C@@H]21. The van der Waals surface area contributed by atoms with Crippen molar-refractivity contribution in [3.8, 4) is 11.5 Å². The minimum atomic E-state index is -0.328. The Morgan fingerprint density at radius 3 is 3.05 bits per heavy atom. The van der Waals surface area contributed by atoms with E-state index in [2.05, 4.69) is 19.2 Å². The molecule has 0 spiro atoms. The first-order valence-electron chi connectivity index (χ1n) is 7.46. The van der Waals surface area contributed by atoms with Crippen LogP contribution in [0.2, 0.25) is 0 Å². The Balaban J connectivity index is 1.79. The topological polar surface area (TPSA) is 50.7 Å². The molecule has 0 saturated carbocycles. The van der Waals surface area contributed by atoms with Crippen molar-refractivity contribution in [2.24, 2.45) is 5.92 Å². The summed E-state index contributed by atoms with van der Waals surface area (Å²) in [7, 11) is 0. The quantitative estimate of drug-likeness (QED) is 0.763. The highest BCUT2D eigenvalue weighted by Gasteiger charge is 2.51. The number of phenolic OH excluding ortho intramolecular Hbond substituents is 1. The van der Waals surface area contributed by atoms with Crippen molar-refractivity contribution in [1.29, 1.82) is 0 Å². The van der Waals surface area contributed by atoms with Crippen LogP contribution in [0, 0.1) is 5.92 Å². The molecule has 2 fully saturated rings. The zero-order chi connectivity index (χ0) is 13.9. The van der Waals surface area contributed by atoms with Crippen molar-refractivity contribution in [3.05, 3.63) is 23.8 Å². The van der Waals surface area contributed by atoms with E-state index >= 15 is 0 Å². The third-order valence-electron chi connectivity index (χ3n) is 5.07. The fourth-order valence-corrected chi connectivity index (χ4v) is 3.98. The molecule has 2 saturated heterocycles. The number of rotatable bonds is 0. The van der Waals surface area contributed by atoms with E-state index < -0.39 is 0 Å². The number of hydrogen-bond donors (Lipinski definition) is 2. The van der Waals surface area contributed by atoms with Crippen LogP contribution < -0.4 is 10.1 Å². The van der Waals surface area contributed by atoms with E-state index in [1.165, 1.54) is 0 Å². The monoisotopic (exact) mass is 275 g/mol. The Morgan fingerprint density at radius 1 is 1.35 bits per heavy atom. The predicted molar refractivity (Wildman–Crippen MR) is 74.9 cm³/mol. The third-order valence-corrected chi connectivity index (χ3v) is 5.07. The fraction of sp³-hybridized carbons (Fsp3) is 0.625. The van der Waals surface area contributed by atoms with Gasteiger partial charge in [-0.25, -0.2) is 0 Å². The highest BCUT2D eigenvalue weighted by atomic mass is 16.5. The number of ether oxygens (including phenoxy) is 2. The van der Waals surface area contributed by atoms with Crippen LogP contribution in [-0.4, -0.2) is 29.4 Å². The lowest BCUT2D eigenvalue weighted by molar-refractivity contribution is -0.153. The first-order valence-corrected chi connectivity index (χ1v) is 7.46. The summed E-state index contributed by atoms with van der Waals surface area (Å²) in [5.41, 5.74) is 0.672. The molecule has 4 rings (SSSR count). The van der Waals surface area contributed by atoms with Gasteiger partial charge in [-0.3, -0.25) is 0 Å². The minimum Gasteiger partial charge on any atom is -0.504 e. The first kappa shape index (κ1) is 12.5. The highest BCUT2D eigenvalue weighted by molar-refractivity contribution is 5.49. The Hall–Kier alpha value is -1.26. The second kappa shape index (κ2) is 4.12. The average molecular weight is 275 g/mol. The highest BCUT2D eigenvalue weighted by Crippen LogP contribution is 2.53. The second-order valence-corrected chi connectivity index (χ2v) is 6.69. The lowest BCUT2D eigenvalue weighted by Crippen LogP contribution is -2.53. The van der Waals surface area contributed by atoms with Crippen molar-refractivity contribution >= 4 is 0 Å². The van der Waals surface area contributed by atoms with Crippen LogP contribution in [0.4, 0.5) is 0 Å². The summed E-state index contributed by atoms with van der Waals surface area (Å²) in [6.07, 6.45) is 2.46. The summed E-state index contributed by atoms with van der Waals surface area (Å²) in [4.78, 5) is 0. The molecule has 3 heterocycles. The smallest absolute Gasteiger partial charge is 0.167 e. The Bertz CT molecular complexity index is 543. The van der Waals surface area contributed by atoms with Gasteiger partial charge in [0.05, 0.1) is 12.2 Å². The van der Waals surface area contributed by atoms with Gasteiger partial charge in [0.15, 0.2) is 11.5 Å². The van der Waals surface area contributed by atoms with Gasteiger partial charge >= 0.3 is 0 Å². The van der Waals surface area contributed by atoms with Crippen LogP contribution in [0.1, 0.15) is 38.4 Å². The van der Waals surface area contributed by atoms with Crippen molar-refractivity contribution in [2.75, 3.05) is 6.54 Å². The lowest BCUT2D eigenvalue weighted by Gasteiger charge is -2.49. The second-order valence-electron chi connectivity index (χ2n) is 6.69. The number of aromatic hydroxyl groups is 1. The molecule has 108 valence electrons. The van der Waals surface area contributed by atoms with Gasteiger partial charge in [0.25, 0.3) is 0 Å². The zero-order valence-electron chi connectivity index (χ0n) is 11.9. The molecule has 3 aliphatic heterocycles. The number of nitrogens with one attached hydrogen (secondary N) is 1. The molecule has 1 aromatic carbocycles. The molecule has 4 atom stereocenters. The van der Waals surface area contributed by atoms with Crippen LogP contribution in [0.5, 0.6) is 11.5 Å². The average Bonchev–Trinajstić information content (AvgIpc) is 2.86. The van der Waals surface area contributed by atoms with E-state index in [0.717, 1.165) is 24.9 Å². The summed E-state index contributed by atoms with van der Waals surface area (Å²) < 4.78 is 12.5. The van der Waals surface area contributed by atoms with Crippen LogP contribution in [0.3, 0.4) is 0 Å². The van der Waals surface area contributed by atoms with Gasteiger partial charge in [-0.05, 0) is 39.3 Å². The molecule has 4 nitrogen and oxygen atoms in total. The Labute approximate surface area is 119 Å². The normalized spacial score (nSPS) is 37.5. The number of hydrogen-bond acceptors (Lipinski definition) is 4. The van der Waals surface area contributed by atoms with Gasteiger partial charge in [-0.1, -0.05) is 12.1 Å². The van der Waals surface area contributed by atoms with E-state index in [4.69, 9.17) is 9.47 Å². The summed E-state index contributed by atoms with van der Waals surface area (Å²) >= 11 is 0. The Morgan fingerprint density at radius 2 is 2.20 bits per heavy atom. The third kappa shape index (κ3) is 1.68. The van der Waals surface area contributed by atoms with E-state index in [-0.39, 0.29) is 17.5 Å².